The van der Waals surface area contributed by atoms with Gasteiger partial charge in [-0.25, -0.2) is 4.98 Å². The molecule has 0 aliphatic rings. The van der Waals surface area contributed by atoms with Crippen LogP contribution in [0.3, 0.4) is 0 Å². The average molecular weight is 377 g/mol. The molecule has 0 aliphatic heterocycles. The van der Waals surface area contributed by atoms with Crippen LogP contribution < -0.4 is 10.6 Å². The van der Waals surface area contributed by atoms with E-state index in [4.69, 9.17) is 0 Å². The molecule has 0 aliphatic carbocycles. The molecule has 5 nitrogen and oxygen atoms in total. The Balaban J connectivity index is 2.04. The van der Waals surface area contributed by atoms with Gasteiger partial charge in [-0.3, -0.25) is 4.79 Å². The second-order valence-electron chi connectivity index (χ2n) is 5.60. The molecular weight excluding hydrogens is 356 g/mol. The van der Waals surface area contributed by atoms with Gasteiger partial charge in [-0.1, -0.05) is 6.07 Å². The van der Waals surface area contributed by atoms with E-state index in [0.717, 1.165) is 28.8 Å². The Hall–Kier alpha value is -1.92. The van der Waals surface area contributed by atoms with Crippen molar-refractivity contribution in [1.82, 2.24) is 9.88 Å². The highest BCUT2D eigenvalue weighted by Gasteiger charge is 2.09. The maximum atomic E-state index is 12.4. The Morgan fingerprint density at radius 2 is 2.04 bits per heavy atom. The normalized spacial score (nSPS) is 10.7. The molecule has 1 heterocycles. The molecule has 23 heavy (non-hydrogen) atoms. The van der Waals surface area contributed by atoms with E-state index in [1.54, 1.807) is 18.3 Å². The summed E-state index contributed by atoms with van der Waals surface area (Å²) in [7, 11) is 4.02. The van der Waals surface area contributed by atoms with Gasteiger partial charge in [0.25, 0.3) is 5.91 Å². The van der Waals surface area contributed by atoms with E-state index < -0.39 is 0 Å². The van der Waals surface area contributed by atoms with Crippen molar-refractivity contribution in [2.24, 2.45) is 0 Å². The zero-order valence-electron chi connectivity index (χ0n) is 13.6. The van der Waals surface area contributed by atoms with E-state index in [-0.39, 0.29) is 5.91 Å². The zero-order valence-corrected chi connectivity index (χ0v) is 15.1. The Morgan fingerprint density at radius 3 is 2.74 bits per heavy atom. The second kappa shape index (κ2) is 8.08. The fraction of sp³-hybridized carbons (Fsp3) is 0.294. The summed E-state index contributed by atoms with van der Waals surface area (Å²) in [5.41, 5.74) is 2.45. The Labute approximate surface area is 145 Å². The van der Waals surface area contributed by atoms with Gasteiger partial charge in [-0.05, 0) is 66.8 Å². The third-order valence-electron chi connectivity index (χ3n) is 3.26. The molecule has 1 aromatic carbocycles. The van der Waals surface area contributed by atoms with Gasteiger partial charge in [0.15, 0.2) is 0 Å². The number of likely N-dealkylation sites (N-methyl/N-ethyl adjacent to an activating group) is 1. The maximum Gasteiger partial charge on any atom is 0.255 e. The van der Waals surface area contributed by atoms with Crippen molar-refractivity contribution < 1.29 is 4.79 Å². The van der Waals surface area contributed by atoms with Gasteiger partial charge >= 0.3 is 0 Å². The van der Waals surface area contributed by atoms with Crippen LogP contribution in [-0.4, -0.2) is 43.0 Å². The Kier molecular flexibility index (Phi) is 6.12. The number of carbonyl (C=O) groups excluding carboxylic acids is 1. The number of carbonyl (C=O) groups is 1. The van der Waals surface area contributed by atoms with Crippen molar-refractivity contribution in [2.45, 2.75) is 6.92 Å². The summed E-state index contributed by atoms with van der Waals surface area (Å²) >= 11 is 3.47. The standard InChI is InChI=1S/C17H21BrN4O/c1-12-4-5-15(14(18)10-12)21-17(23)13-6-7-19-16(11-13)20-8-9-22(2)3/h4-7,10-11H,8-9H2,1-3H3,(H,19,20)(H,21,23). The number of nitrogens with zero attached hydrogens (tertiary/aromatic N) is 2. The van der Waals surface area contributed by atoms with Crippen LogP contribution in [0.4, 0.5) is 11.5 Å². The molecule has 1 aromatic heterocycles. The number of rotatable bonds is 6. The summed E-state index contributed by atoms with van der Waals surface area (Å²) < 4.78 is 0.865. The van der Waals surface area contributed by atoms with Crippen molar-refractivity contribution in [3.05, 3.63) is 52.1 Å². The van der Waals surface area contributed by atoms with Crippen molar-refractivity contribution >= 4 is 33.3 Å². The highest BCUT2D eigenvalue weighted by Crippen LogP contribution is 2.24. The van der Waals surface area contributed by atoms with Crippen LogP contribution in [0.25, 0.3) is 0 Å². The minimum absolute atomic E-state index is 0.160. The quantitative estimate of drug-likeness (QED) is 0.811. The lowest BCUT2D eigenvalue weighted by Crippen LogP contribution is -2.21. The third kappa shape index (κ3) is 5.33. The molecule has 2 N–H and O–H groups in total. The summed E-state index contributed by atoms with van der Waals surface area (Å²) in [6.07, 6.45) is 1.64. The second-order valence-corrected chi connectivity index (χ2v) is 6.45. The van der Waals surface area contributed by atoms with Crippen LogP contribution in [0.1, 0.15) is 15.9 Å². The SMILES string of the molecule is Cc1ccc(NC(=O)c2ccnc(NCCN(C)C)c2)c(Br)c1. The van der Waals surface area contributed by atoms with Crippen molar-refractivity contribution in [2.75, 3.05) is 37.8 Å². The number of halogens is 1. The lowest BCUT2D eigenvalue weighted by atomic mass is 10.2. The van der Waals surface area contributed by atoms with Gasteiger partial charge in [-0.2, -0.15) is 0 Å². The Morgan fingerprint density at radius 1 is 1.26 bits per heavy atom. The number of hydrogen-bond acceptors (Lipinski definition) is 4. The van der Waals surface area contributed by atoms with Crippen molar-refractivity contribution in [3.63, 3.8) is 0 Å². The minimum Gasteiger partial charge on any atom is -0.369 e. The van der Waals surface area contributed by atoms with Crippen LogP contribution >= 0.6 is 15.9 Å². The smallest absolute Gasteiger partial charge is 0.255 e. The number of hydrogen-bond donors (Lipinski definition) is 2. The lowest BCUT2D eigenvalue weighted by molar-refractivity contribution is 0.102. The molecule has 0 unspecified atom stereocenters. The van der Waals surface area contributed by atoms with Gasteiger partial charge in [0, 0.05) is 29.3 Å². The van der Waals surface area contributed by atoms with Crippen LogP contribution in [0, 0.1) is 6.92 Å². The molecule has 0 radical (unpaired) electrons. The average Bonchev–Trinajstić information content (AvgIpc) is 2.50. The monoisotopic (exact) mass is 376 g/mol. The number of aryl methyl sites for hydroxylation is 1. The van der Waals surface area contributed by atoms with Crippen molar-refractivity contribution in [3.8, 4) is 0 Å². The number of aromatic nitrogens is 1. The minimum atomic E-state index is -0.160. The van der Waals surface area contributed by atoms with E-state index in [1.807, 2.05) is 39.2 Å². The summed E-state index contributed by atoms with van der Waals surface area (Å²) in [5.74, 6) is 0.537. The molecule has 2 aromatic rings. The van der Waals surface area contributed by atoms with Crippen LogP contribution in [0.5, 0.6) is 0 Å². The third-order valence-corrected chi connectivity index (χ3v) is 3.92. The fourth-order valence-corrected chi connectivity index (χ4v) is 2.58. The molecule has 6 heteroatoms. The molecule has 1 amide bonds. The van der Waals surface area contributed by atoms with Gasteiger partial charge in [0.2, 0.25) is 0 Å². The van der Waals surface area contributed by atoms with E-state index in [0.29, 0.717) is 11.4 Å². The highest BCUT2D eigenvalue weighted by molar-refractivity contribution is 9.10. The predicted molar refractivity (Wildman–Crippen MR) is 98.1 cm³/mol. The van der Waals surface area contributed by atoms with Gasteiger partial charge < -0.3 is 15.5 Å². The summed E-state index contributed by atoms with van der Waals surface area (Å²) in [4.78, 5) is 18.7. The molecule has 0 saturated heterocycles. The zero-order chi connectivity index (χ0) is 16.8. The maximum absolute atomic E-state index is 12.4. The number of anilines is 2. The van der Waals surface area contributed by atoms with E-state index in [2.05, 4.69) is 36.4 Å². The topological polar surface area (TPSA) is 57.3 Å². The van der Waals surface area contributed by atoms with Crippen LogP contribution in [-0.2, 0) is 0 Å². The first-order valence-corrected chi connectivity index (χ1v) is 8.17. The highest BCUT2D eigenvalue weighted by atomic mass is 79.9. The molecule has 2 rings (SSSR count). The first-order chi connectivity index (χ1) is 11.0. The number of nitrogens with one attached hydrogen (secondary N) is 2. The number of pyridine rings is 1. The number of benzene rings is 1. The van der Waals surface area contributed by atoms with Gasteiger partial charge in [0.05, 0.1) is 5.69 Å². The summed E-state index contributed by atoms with van der Waals surface area (Å²) in [6.45, 7) is 3.67. The molecule has 0 atom stereocenters. The fourth-order valence-electron chi connectivity index (χ4n) is 1.99. The van der Waals surface area contributed by atoms with Gasteiger partial charge in [-0.15, -0.1) is 0 Å². The summed E-state index contributed by atoms with van der Waals surface area (Å²) in [5, 5.41) is 6.12. The first-order valence-electron chi connectivity index (χ1n) is 7.38. The van der Waals surface area contributed by atoms with E-state index in [1.165, 1.54) is 0 Å². The molecule has 0 bridgehead atoms. The molecule has 0 fully saturated rings. The largest absolute Gasteiger partial charge is 0.369 e. The van der Waals surface area contributed by atoms with E-state index >= 15 is 0 Å². The van der Waals surface area contributed by atoms with E-state index in [9.17, 15) is 4.79 Å². The van der Waals surface area contributed by atoms with Gasteiger partial charge in [0.1, 0.15) is 5.82 Å². The molecule has 0 saturated carbocycles. The number of amides is 1. The summed E-state index contributed by atoms with van der Waals surface area (Å²) in [6, 6.07) is 9.27. The molecular formula is C17H21BrN4O. The van der Waals surface area contributed by atoms with Crippen LogP contribution in [0.2, 0.25) is 0 Å². The van der Waals surface area contributed by atoms with Crippen LogP contribution in [0.15, 0.2) is 41.0 Å². The van der Waals surface area contributed by atoms with Crippen molar-refractivity contribution in [1.29, 1.82) is 0 Å². The molecule has 122 valence electrons. The Bertz CT molecular complexity index is 688. The first kappa shape index (κ1) is 17.4. The molecule has 0 spiro atoms. The predicted octanol–water partition coefficient (Wildman–Crippen LogP) is 3.38. The lowest BCUT2D eigenvalue weighted by Gasteiger charge is -2.12.